The highest BCUT2D eigenvalue weighted by Gasteiger charge is 2.04. The van der Waals surface area contributed by atoms with Crippen molar-refractivity contribution in [3.63, 3.8) is 0 Å². The lowest BCUT2D eigenvalue weighted by Gasteiger charge is -1.99. The van der Waals surface area contributed by atoms with Gasteiger partial charge in [0.25, 0.3) is 0 Å². The van der Waals surface area contributed by atoms with Gasteiger partial charge >= 0.3 is 0 Å². The number of halogens is 1. The van der Waals surface area contributed by atoms with Gasteiger partial charge in [-0.05, 0) is 11.6 Å². The molecule has 2 N–H and O–H groups in total. The highest BCUT2D eigenvalue weighted by Crippen LogP contribution is 2.19. The van der Waals surface area contributed by atoms with Crippen molar-refractivity contribution in [2.45, 2.75) is 6.42 Å². The van der Waals surface area contributed by atoms with E-state index in [4.69, 9.17) is 21.9 Å². The fraction of sp³-hybridized carbons (Fsp3) is 0.100. The molecule has 0 atom stereocenters. The van der Waals surface area contributed by atoms with E-state index in [9.17, 15) is 0 Å². The van der Waals surface area contributed by atoms with Crippen molar-refractivity contribution in [3.05, 3.63) is 46.6 Å². The summed E-state index contributed by atoms with van der Waals surface area (Å²) >= 11 is 5.99. The minimum Gasteiger partial charge on any atom is -0.368 e. The lowest BCUT2D eigenvalue weighted by Crippen LogP contribution is -1.88. The molecule has 14 heavy (non-hydrogen) atoms. The Hall–Kier alpha value is -1.48. The van der Waals surface area contributed by atoms with Gasteiger partial charge in [0, 0.05) is 17.5 Å². The summed E-state index contributed by atoms with van der Waals surface area (Å²) < 4.78 is 4.76. The number of nitrogens with zero attached hydrogens (tertiary/aromatic N) is 1. The Kier molecular flexibility index (Phi) is 2.41. The maximum atomic E-state index is 5.99. The number of benzene rings is 1. The monoisotopic (exact) mass is 208 g/mol. The first-order chi connectivity index (χ1) is 6.75. The molecule has 1 heterocycles. The minimum atomic E-state index is 0.326. The molecule has 2 rings (SSSR count). The smallest absolute Gasteiger partial charge is 0.222 e. The summed E-state index contributed by atoms with van der Waals surface area (Å²) in [4.78, 5) is 0. The molecule has 0 fully saturated rings. The molecule has 1 aromatic heterocycles. The molecule has 1 aromatic carbocycles. The predicted octanol–water partition coefficient (Wildman–Crippen LogP) is 2.50. The Morgan fingerprint density at radius 1 is 1.36 bits per heavy atom. The van der Waals surface area contributed by atoms with Crippen LogP contribution in [0.4, 0.5) is 5.88 Å². The standard InChI is InChI=1S/C10H9ClN2O/c11-9-4-2-1-3-7(9)5-8-6-10(12)14-13-8/h1-4,6H,5,12H2. The molecule has 0 amide bonds. The van der Waals surface area contributed by atoms with Crippen molar-refractivity contribution < 1.29 is 4.52 Å². The van der Waals surface area contributed by atoms with Crippen molar-refractivity contribution in [2.75, 3.05) is 5.73 Å². The Balaban J connectivity index is 2.23. The van der Waals surface area contributed by atoms with Gasteiger partial charge in [-0.3, -0.25) is 0 Å². The zero-order valence-corrected chi connectivity index (χ0v) is 8.16. The van der Waals surface area contributed by atoms with Crippen LogP contribution >= 0.6 is 11.6 Å². The fourth-order valence-electron chi connectivity index (χ4n) is 1.25. The van der Waals surface area contributed by atoms with Gasteiger partial charge in [-0.25, -0.2) is 0 Å². The van der Waals surface area contributed by atoms with Crippen molar-refractivity contribution in [3.8, 4) is 0 Å². The second-order valence-corrected chi connectivity index (χ2v) is 3.40. The largest absolute Gasteiger partial charge is 0.368 e. The van der Waals surface area contributed by atoms with Gasteiger partial charge in [-0.2, -0.15) is 0 Å². The fourth-order valence-corrected chi connectivity index (χ4v) is 1.45. The quantitative estimate of drug-likeness (QED) is 0.825. The molecule has 0 aliphatic rings. The summed E-state index contributed by atoms with van der Waals surface area (Å²) in [5, 5.41) is 4.52. The van der Waals surface area contributed by atoms with Gasteiger partial charge in [-0.15, -0.1) is 0 Å². The van der Waals surface area contributed by atoms with Crippen LogP contribution < -0.4 is 5.73 Å². The van der Waals surface area contributed by atoms with Crippen molar-refractivity contribution in [1.82, 2.24) is 5.16 Å². The van der Waals surface area contributed by atoms with Gasteiger partial charge < -0.3 is 10.3 Å². The summed E-state index contributed by atoms with van der Waals surface area (Å²) in [5.74, 6) is 0.326. The molecule has 0 saturated heterocycles. The lowest BCUT2D eigenvalue weighted by atomic mass is 10.1. The van der Waals surface area contributed by atoms with E-state index in [1.54, 1.807) is 6.07 Å². The van der Waals surface area contributed by atoms with Crippen molar-refractivity contribution in [1.29, 1.82) is 0 Å². The molecule has 3 nitrogen and oxygen atoms in total. The summed E-state index contributed by atoms with van der Waals surface area (Å²) in [6, 6.07) is 9.32. The van der Waals surface area contributed by atoms with E-state index >= 15 is 0 Å². The molecule has 0 unspecified atom stereocenters. The topological polar surface area (TPSA) is 52.0 Å². The number of rotatable bonds is 2. The number of nitrogens with two attached hydrogens (primary N) is 1. The van der Waals surface area contributed by atoms with Crippen LogP contribution in [0.25, 0.3) is 0 Å². The second-order valence-electron chi connectivity index (χ2n) is 2.99. The maximum absolute atomic E-state index is 5.99. The van der Waals surface area contributed by atoms with E-state index in [0.717, 1.165) is 16.3 Å². The zero-order valence-electron chi connectivity index (χ0n) is 7.40. The first-order valence-corrected chi connectivity index (χ1v) is 4.58. The van der Waals surface area contributed by atoms with Crippen molar-refractivity contribution in [2.24, 2.45) is 0 Å². The normalized spacial score (nSPS) is 10.4. The third kappa shape index (κ3) is 1.88. The molecule has 4 heteroatoms. The molecule has 0 spiro atoms. The van der Waals surface area contributed by atoms with Crippen LogP contribution in [0.3, 0.4) is 0 Å². The molecule has 0 saturated carbocycles. The Morgan fingerprint density at radius 2 is 2.14 bits per heavy atom. The van der Waals surface area contributed by atoms with E-state index < -0.39 is 0 Å². The third-order valence-electron chi connectivity index (χ3n) is 1.91. The molecule has 2 aromatic rings. The predicted molar refractivity (Wildman–Crippen MR) is 55.2 cm³/mol. The zero-order chi connectivity index (χ0) is 9.97. The number of anilines is 1. The Morgan fingerprint density at radius 3 is 2.79 bits per heavy atom. The van der Waals surface area contributed by atoms with E-state index in [2.05, 4.69) is 5.16 Å². The van der Waals surface area contributed by atoms with Crippen LogP contribution in [-0.2, 0) is 6.42 Å². The Bertz CT molecular complexity index is 439. The van der Waals surface area contributed by atoms with Crippen LogP contribution in [0.15, 0.2) is 34.9 Å². The van der Waals surface area contributed by atoms with E-state index in [1.165, 1.54) is 0 Å². The van der Waals surface area contributed by atoms with E-state index in [-0.39, 0.29) is 0 Å². The number of hydrogen-bond donors (Lipinski definition) is 1. The summed E-state index contributed by atoms with van der Waals surface area (Å²) in [5.41, 5.74) is 7.21. The molecule has 0 bridgehead atoms. The van der Waals surface area contributed by atoms with Crippen LogP contribution in [0, 0.1) is 0 Å². The van der Waals surface area contributed by atoms with E-state index in [0.29, 0.717) is 12.3 Å². The molecule has 0 aliphatic heterocycles. The summed E-state index contributed by atoms with van der Waals surface area (Å²) in [6.45, 7) is 0. The lowest BCUT2D eigenvalue weighted by molar-refractivity contribution is 0.429. The van der Waals surface area contributed by atoms with Gasteiger partial charge in [-0.1, -0.05) is 35.0 Å². The van der Waals surface area contributed by atoms with E-state index in [1.807, 2.05) is 24.3 Å². The average molecular weight is 209 g/mol. The SMILES string of the molecule is Nc1cc(Cc2ccccc2Cl)no1. The number of nitrogen functional groups attached to an aromatic ring is 1. The first-order valence-electron chi connectivity index (χ1n) is 4.20. The van der Waals surface area contributed by atoms with Crippen molar-refractivity contribution >= 4 is 17.5 Å². The average Bonchev–Trinajstić information content (AvgIpc) is 2.56. The third-order valence-corrected chi connectivity index (χ3v) is 2.28. The highest BCUT2D eigenvalue weighted by molar-refractivity contribution is 6.31. The summed E-state index contributed by atoms with van der Waals surface area (Å²) in [6.07, 6.45) is 0.639. The van der Waals surface area contributed by atoms with Gasteiger partial charge in [0.05, 0.1) is 5.69 Å². The van der Waals surface area contributed by atoms with Crippen LogP contribution in [-0.4, -0.2) is 5.16 Å². The Labute approximate surface area is 86.5 Å². The molecular weight excluding hydrogens is 200 g/mol. The second kappa shape index (κ2) is 3.72. The molecule has 0 aliphatic carbocycles. The maximum Gasteiger partial charge on any atom is 0.222 e. The highest BCUT2D eigenvalue weighted by atomic mass is 35.5. The van der Waals surface area contributed by atoms with Gasteiger partial charge in [0.1, 0.15) is 0 Å². The number of aromatic nitrogens is 1. The molecule has 72 valence electrons. The summed E-state index contributed by atoms with van der Waals surface area (Å²) in [7, 11) is 0. The van der Waals surface area contributed by atoms with Gasteiger partial charge in [0.2, 0.25) is 5.88 Å². The van der Waals surface area contributed by atoms with Gasteiger partial charge in [0.15, 0.2) is 0 Å². The molecular formula is C10H9ClN2O. The first kappa shape index (κ1) is 9.09. The number of hydrogen-bond acceptors (Lipinski definition) is 3. The minimum absolute atomic E-state index is 0.326. The van der Waals surface area contributed by atoms with Crippen LogP contribution in [0.2, 0.25) is 5.02 Å². The van der Waals surface area contributed by atoms with Crippen LogP contribution in [0.1, 0.15) is 11.3 Å². The molecule has 0 radical (unpaired) electrons. The van der Waals surface area contributed by atoms with Crippen LogP contribution in [0.5, 0.6) is 0 Å².